The quantitative estimate of drug-likeness (QED) is 0.787. The molecule has 0 amide bonds. The van der Waals surface area contributed by atoms with E-state index < -0.39 is 11.6 Å². The van der Waals surface area contributed by atoms with Crippen LogP contribution in [0.25, 0.3) is 0 Å². The number of rotatable bonds is 7. The maximum Gasteiger partial charge on any atom is 0.159 e. The number of benzene rings is 2. The highest BCUT2D eigenvalue weighted by molar-refractivity contribution is 5.36. The number of aryl methyl sites for hydroxylation is 1. The van der Waals surface area contributed by atoms with E-state index in [1.54, 1.807) is 13.2 Å². The van der Waals surface area contributed by atoms with Gasteiger partial charge in [-0.15, -0.1) is 0 Å². The predicted molar refractivity (Wildman–Crippen MR) is 105 cm³/mol. The molecule has 0 aromatic heterocycles. The average molecular weight is 390 g/mol. The van der Waals surface area contributed by atoms with Gasteiger partial charge in [0.1, 0.15) is 5.75 Å². The summed E-state index contributed by atoms with van der Waals surface area (Å²) < 4.78 is 32.0. The Bertz CT molecular complexity index is 800. The fourth-order valence-electron chi connectivity index (χ4n) is 3.90. The summed E-state index contributed by atoms with van der Waals surface area (Å²) in [5.41, 5.74) is 3.09. The summed E-state index contributed by atoms with van der Waals surface area (Å²) in [5.74, 6) is -0.744. The van der Waals surface area contributed by atoms with E-state index in [0.29, 0.717) is 13.0 Å². The zero-order valence-corrected chi connectivity index (χ0v) is 16.5. The Hall–Kier alpha value is -2.02. The molecule has 0 aliphatic carbocycles. The van der Waals surface area contributed by atoms with Crippen LogP contribution in [0.4, 0.5) is 8.78 Å². The van der Waals surface area contributed by atoms with Crippen molar-refractivity contribution in [2.75, 3.05) is 33.4 Å². The molecule has 1 aliphatic rings. The Morgan fingerprint density at radius 3 is 2.46 bits per heavy atom. The molecule has 0 radical (unpaired) electrons. The largest absolute Gasteiger partial charge is 0.496 e. The van der Waals surface area contributed by atoms with Crippen molar-refractivity contribution < 1.29 is 18.6 Å². The van der Waals surface area contributed by atoms with Gasteiger partial charge in [-0.2, -0.15) is 0 Å². The molecule has 1 heterocycles. The van der Waals surface area contributed by atoms with E-state index in [2.05, 4.69) is 21.9 Å². The van der Waals surface area contributed by atoms with Crippen LogP contribution in [0.1, 0.15) is 23.1 Å². The molecule has 3 rings (SSSR count). The standard InChI is InChI=1S/C22H28F2N2O2/c1-16-11-17(4-6-22(16)28-2)14-26-9-8-25(15-19(26)7-10-27)13-18-3-5-20(23)21(24)12-18/h3-6,11-12,19,27H,7-10,13-15H2,1-2H3/t19-/m1/s1. The van der Waals surface area contributed by atoms with Crippen molar-refractivity contribution in [3.63, 3.8) is 0 Å². The molecular formula is C22H28F2N2O2. The number of piperazine rings is 1. The van der Waals surface area contributed by atoms with Crippen LogP contribution in [-0.4, -0.2) is 54.3 Å². The fourth-order valence-corrected chi connectivity index (χ4v) is 3.90. The molecule has 2 aromatic carbocycles. The van der Waals surface area contributed by atoms with Gasteiger partial charge in [-0.25, -0.2) is 8.78 Å². The van der Waals surface area contributed by atoms with E-state index in [1.165, 1.54) is 17.7 Å². The monoisotopic (exact) mass is 390 g/mol. The molecule has 2 aromatic rings. The molecule has 152 valence electrons. The molecule has 1 aliphatic heterocycles. The Morgan fingerprint density at radius 1 is 1.04 bits per heavy atom. The smallest absolute Gasteiger partial charge is 0.159 e. The van der Waals surface area contributed by atoms with Gasteiger partial charge in [0.25, 0.3) is 0 Å². The molecular weight excluding hydrogens is 362 g/mol. The van der Waals surface area contributed by atoms with Crippen LogP contribution in [-0.2, 0) is 13.1 Å². The molecule has 1 N–H and O–H groups in total. The minimum Gasteiger partial charge on any atom is -0.496 e. The maximum absolute atomic E-state index is 13.5. The van der Waals surface area contributed by atoms with Gasteiger partial charge in [-0.3, -0.25) is 9.80 Å². The van der Waals surface area contributed by atoms with Crippen LogP contribution in [0.3, 0.4) is 0 Å². The minimum absolute atomic E-state index is 0.127. The number of halogens is 2. The number of aliphatic hydroxyl groups is 1. The highest BCUT2D eigenvalue weighted by Gasteiger charge is 2.27. The Kier molecular flexibility index (Phi) is 6.99. The van der Waals surface area contributed by atoms with Crippen LogP contribution in [0.5, 0.6) is 5.75 Å². The lowest BCUT2D eigenvalue weighted by Gasteiger charge is -2.41. The summed E-state index contributed by atoms with van der Waals surface area (Å²) in [4.78, 5) is 4.63. The molecule has 0 spiro atoms. The molecule has 0 saturated carbocycles. The van der Waals surface area contributed by atoms with Crippen molar-refractivity contribution in [1.29, 1.82) is 0 Å². The first kappa shape index (κ1) is 20.7. The van der Waals surface area contributed by atoms with Crippen LogP contribution < -0.4 is 4.74 Å². The topological polar surface area (TPSA) is 35.9 Å². The lowest BCUT2D eigenvalue weighted by Crippen LogP contribution is -2.52. The van der Waals surface area contributed by atoms with Gasteiger partial charge < -0.3 is 9.84 Å². The van der Waals surface area contributed by atoms with Gasteiger partial charge >= 0.3 is 0 Å². The van der Waals surface area contributed by atoms with Crippen LogP contribution >= 0.6 is 0 Å². The SMILES string of the molecule is COc1ccc(CN2CCN(Cc3ccc(F)c(F)c3)C[C@H]2CCO)cc1C. The summed E-state index contributed by atoms with van der Waals surface area (Å²) in [6, 6.07) is 10.5. The van der Waals surface area contributed by atoms with Crippen molar-refractivity contribution in [3.8, 4) is 5.75 Å². The van der Waals surface area contributed by atoms with Crippen molar-refractivity contribution in [2.45, 2.75) is 32.5 Å². The average Bonchev–Trinajstić information content (AvgIpc) is 2.67. The molecule has 28 heavy (non-hydrogen) atoms. The number of nitrogens with zero attached hydrogens (tertiary/aromatic N) is 2. The molecule has 1 fully saturated rings. The van der Waals surface area contributed by atoms with Crippen molar-refractivity contribution in [3.05, 3.63) is 64.7 Å². The fraction of sp³-hybridized carbons (Fsp3) is 0.455. The number of hydrogen-bond donors (Lipinski definition) is 1. The van der Waals surface area contributed by atoms with Crippen LogP contribution in [0.2, 0.25) is 0 Å². The van der Waals surface area contributed by atoms with Gasteiger partial charge in [0.2, 0.25) is 0 Å². The molecule has 6 heteroatoms. The van der Waals surface area contributed by atoms with E-state index in [0.717, 1.165) is 43.1 Å². The highest BCUT2D eigenvalue weighted by Crippen LogP contribution is 2.23. The minimum atomic E-state index is -0.818. The highest BCUT2D eigenvalue weighted by atomic mass is 19.2. The van der Waals surface area contributed by atoms with Gasteiger partial charge in [-0.05, 0) is 48.2 Å². The van der Waals surface area contributed by atoms with Crippen molar-refractivity contribution in [2.24, 2.45) is 0 Å². The molecule has 4 nitrogen and oxygen atoms in total. The first-order chi connectivity index (χ1) is 13.5. The Morgan fingerprint density at radius 2 is 1.79 bits per heavy atom. The molecule has 1 saturated heterocycles. The van der Waals surface area contributed by atoms with Gasteiger partial charge in [-0.1, -0.05) is 18.2 Å². The van der Waals surface area contributed by atoms with E-state index in [1.807, 2.05) is 13.0 Å². The third-order valence-electron chi connectivity index (χ3n) is 5.39. The lowest BCUT2D eigenvalue weighted by atomic mass is 10.0. The summed E-state index contributed by atoms with van der Waals surface area (Å²) in [5, 5.41) is 9.50. The Labute approximate surface area is 165 Å². The van der Waals surface area contributed by atoms with Crippen LogP contribution in [0.15, 0.2) is 36.4 Å². The third-order valence-corrected chi connectivity index (χ3v) is 5.39. The van der Waals surface area contributed by atoms with Gasteiger partial charge in [0.15, 0.2) is 11.6 Å². The second-order valence-electron chi connectivity index (χ2n) is 7.42. The first-order valence-electron chi connectivity index (χ1n) is 9.65. The number of hydrogen-bond acceptors (Lipinski definition) is 4. The number of methoxy groups -OCH3 is 1. The normalized spacial score (nSPS) is 18.4. The number of aliphatic hydroxyl groups excluding tert-OH is 1. The van der Waals surface area contributed by atoms with Crippen LogP contribution in [0, 0.1) is 18.6 Å². The van der Waals surface area contributed by atoms with Crippen molar-refractivity contribution in [1.82, 2.24) is 9.80 Å². The molecule has 1 atom stereocenters. The van der Waals surface area contributed by atoms with E-state index in [4.69, 9.17) is 4.74 Å². The molecule has 0 unspecified atom stereocenters. The summed E-state index contributed by atoms with van der Waals surface area (Å²) >= 11 is 0. The van der Waals surface area contributed by atoms with E-state index >= 15 is 0 Å². The van der Waals surface area contributed by atoms with Gasteiger partial charge in [0, 0.05) is 45.4 Å². The number of ether oxygens (including phenoxy) is 1. The maximum atomic E-state index is 13.5. The second-order valence-corrected chi connectivity index (χ2v) is 7.42. The predicted octanol–water partition coefficient (Wildman–Crippen LogP) is 3.35. The van der Waals surface area contributed by atoms with E-state index in [9.17, 15) is 13.9 Å². The second kappa shape index (κ2) is 9.45. The molecule has 0 bridgehead atoms. The Balaban J connectivity index is 1.65. The van der Waals surface area contributed by atoms with Gasteiger partial charge in [0.05, 0.1) is 7.11 Å². The van der Waals surface area contributed by atoms with Crippen molar-refractivity contribution >= 4 is 0 Å². The third kappa shape index (κ3) is 5.07. The van der Waals surface area contributed by atoms with E-state index in [-0.39, 0.29) is 12.6 Å². The first-order valence-corrected chi connectivity index (χ1v) is 9.65. The zero-order valence-electron chi connectivity index (χ0n) is 16.5. The summed E-state index contributed by atoms with van der Waals surface area (Å²) in [7, 11) is 1.67. The zero-order chi connectivity index (χ0) is 20.1. The summed E-state index contributed by atoms with van der Waals surface area (Å²) in [6.07, 6.45) is 0.684. The summed E-state index contributed by atoms with van der Waals surface area (Å²) in [6.45, 7) is 6.04. The lowest BCUT2D eigenvalue weighted by molar-refractivity contribution is 0.0499.